The minimum Gasteiger partial charge on any atom is -0.494 e. The number of carbonyl (C=O) groups is 1. The summed E-state index contributed by atoms with van der Waals surface area (Å²) in [6, 6.07) is 14.3. The van der Waals surface area contributed by atoms with Gasteiger partial charge in [0.2, 0.25) is 15.9 Å². The van der Waals surface area contributed by atoms with Crippen molar-refractivity contribution in [1.82, 2.24) is 5.01 Å². The molecule has 148 valence electrons. The van der Waals surface area contributed by atoms with Gasteiger partial charge in [-0.1, -0.05) is 30.3 Å². The number of hydrogen-bond acceptors (Lipinski definition) is 5. The first-order valence-corrected chi connectivity index (χ1v) is 10.8. The SMILES string of the molecule is CCOc1cccc([C@@H]2CC(c3ccccc3NS(C)(=O)=O)=NN2C(C)=O)c1. The van der Waals surface area contributed by atoms with Gasteiger partial charge in [-0.2, -0.15) is 5.10 Å². The first kappa shape index (κ1) is 19.9. The van der Waals surface area contributed by atoms with Crippen LogP contribution in [-0.2, 0) is 14.8 Å². The molecule has 0 fully saturated rings. The van der Waals surface area contributed by atoms with Crippen molar-refractivity contribution in [3.63, 3.8) is 0 Å². The number of carbonyl (C=O) groups excluding carboxylic acids is 1. The van der Waals surface area contributed by atoms with E-state index in [1.807, 2.05) is 37.3 Å². The molecule has 0 radical (unpaired) electrons. The smallest absolute Gasteiger partial charge is 0.240 e. The molecule has 8 heteroatoms. The highest BCUT2D eigenvalue weighted by Gasteiger charge is 2.32. The molecular formula is C20H23N3O4S. The second kappa shape index (κ2) is 8.02. The third-order valence-electron chi connectivity index (χ3n) is 4.32. The molecule has 1 atom stereocenters. The van der Waals surface area contributed by atoms with Crippen LogP contribution in [0.2, 0.25) is 0 Å². The molecule has 1 aliphatic heterocycles. The molecule has 28 heavy (non-hydrogen) atoms. The van der Waals surface area contributed by atoms with E-state index >= 15 is 0 Å². The van der Waals surface area contributed by atoms with Crippen molar-refractivity contribution < 1.29 is 17.9 Å². The number of sulfonamides is 1. The summed E-state index contributed by atoms with van der Waals surface area (Å²) in [6.07, 6.45) is 1.57. The highest BCUT2D eigenvalue weighted by Crippen LogP contribution is 2.35. The molecular weight excluding hydrogens is 378 g/mol. The van der Waals surface area contributed by atoms with E-state index in [0.29, 0.717) is 30.0 Å². The van der Waals surface area contributed by atoms with E-state index in [2.05, 4.69) is 9.82 Å². The van der Waals surface area contributed by atoms with Crippen LogP contribution in [0, 0.1) is 0 Å². The van der Waals surface area contributed by atoms with Gasteiger partial charge in [-0.15, -0.1) is 0 Å². The molecule has 0 aliphatic carbocycles. The third kappa shape index (κ3) is 4.51. The van der Waals surface area contributed by atoms with Crippen LogP contribution in [0.5, 0.6) is 5.75 Å². The van der Waals surface area contributed by atoms with Crippen molar-refractivity contribution >= 4 is 27.3 Å². The van der Waals surface area contributed by atoms with E-state index in [0.717, 1.165) is 17.6 Å². The predicted molar refractivity (Wildman–Crippen MR) is 109 cm³/mol. The Morgan fingerprint density at radius 2 is 2.00 bits per heavy atom. The van der Waals surface area contributed by atoms with Crippen LogP contribution in [-0.4, -0.2) is 37.9 Å². The fourth-order valence-corrected chi connectivity index (χ4v) is 3.80. The number of ether oxygens (including phenoxy) is 1. The van der Waals surface area contributed by atoms with Crippen LogP contribution in [0.25, 0.3) is 0 Å². The van der Waals surface area contributed by atoms with E-state index in [4.69, 9.17) is 4.74 Å². The topological polar surface area (TPSA) is 88.1 Å². The summed E-state index contributed by atoms with van der Waals surface area (Å²) in [5, 5.41) is 5.95. The number of para-hydroxylation sites is 1. The number of rotatable bonds is 6. The van der Waals surface area contributed by atoms with E-state index in [1.165, 1.54) is 11.9 Å². The van der Waals surface area contributed by atoms with Crippen molar-refractivity contribution in [3.05, 3.63) is 59.7 Å². The molecule has 0 unspecified atom stereocenters. The minimum absolute atomic E-state index is 0.185. The zero-order valence-corrected chi connectivity index (χ0v) is 16.9. The lowest BCUT2D eigenvalue weighted by Gasteiger charge is -2.21. The summed E-state index contributed by atoms with van der Waals surface area (Å²) < 4.78 is 31.5. The minimum atomic E-state index is -3.44. The summed E-state index contributed by atoms with van der Waals surface area (Å²) in [6.45, 7) is 3.93. The summed E-state index contributed by atoms with van der Waals surface area (Å²) >= 11 is 0. The molecule has 2 aromatic carbocycles. The van der Waals surface area contributed by atoms with Gasteiger partial charge in [-0.25, -0.2) is 13.4 Å². The van der Waals surface area contributed by atoms with Crippen molar-refractivity contribution in [2.75, 3.05) is 17.6 Å². The summed E-state index contributed by atoms with van der Waals surface area (Å²) in [4.78, 5) is 12.2. The monoisotopic (exact) mass is 401 g/mol. The molecule has 0 bridgehead atoms. The Bertz CT molecular complexity index is 1020. The maximum absolute atomic E-state index is 12.2. The molecule has 1 N–H and O–H groups in total. The van der Waals surface area contributed by atoms with Gasteiger partial charge in [-0.3, -0.25) is 9.52 Å². The van der Waals surface area contributed by atoms with Gasteiger partial charge < -0.3 is 4.74 Å². The average Bonchev–Trinajstić information content (AvgIpc) is 3.07. The standard InChI is InChI=1S/C20H23N3O4S/c1-4-27-16-9-7-8-15(12-16)20-13-19(21-23(20)14(2)24)17-10-5-6-11-18(17)22-28(3,25)26/h5-12,20,22H,4,13H2,1-3H3/t20-/m0/s1. The highest BCUT2D eigenvalue weighted by molar-refractivity contribution is 7.92. The molecule has 1 amide bonds. The maximum Gasteiger partial charge on any atom is 0.240 e. The maximum atomic E-state index is 12.2. The number of nitrogens with one attached hydrogen (secondary N) is 1. The Hall–Kier alpha value is -2.87. The van der Waals surface area contributed by atoms with Crippen molar-refractivity contribution in [2.45, 2.75) is 26.3 Å². The second-order valence-corrected chi connectivity index (χ2v) is 8.30. The number of anilines is 1. The molecule has 0 saturated heterocycles. The number of amides is 1. The van der Waals surface area contributed by atoms with E-state index in [9.17, 15) is 13.2 Å². The van der Waals surface area contributed by atoms with Crippen LogP contribution in [0.1, 0.15) is 37.4 Å². The van der Waals surface area contributed by atoms with E-state index in [-0.39, 0.29) is 11.9 Å². The quantitative estimate of drug-likeness (QED) is 0.805. The number of benzene rings is 2. The second-order valence-electron chi connectivity index (χ2n) is 6.56. The third-order valence-corrected chi connectivity index (χ3v) is 4.91. The Morgan fingerprint density at radius 1 is 1.25 bits per heavy atom. The molecule has 0 saturated carbocycles. The molecule has 3 rings (SSSR count). The molecule has 1 aliphatic rings. The highest BCUT2D eigenvalue weighted by atomic mass is 32.2. The van der Waals surface area contributed by atoms with Gasteiger partial charge in [-0.05, 0) is 30.7 Å². The summed E-state index contributed by atoms with van der Waals surface area (Å²) in [5.41, 5.74) is 2.65. The number of nitrogens with zero attached hydrogens (tertiary/aromatic N) is 2. The van der Waals surface area contributed by atoms with Gasteiger partial charge in [0.05, 0.1) is 30.3 Å². The number of hydrazone groups is 1. The van der Waals surface area contributed by atoms with Crippen LogP contribution < -0.4 is 9.46 Å². The Kier molecular flexibility index (Phi) is 5.69. The van der Waals surface area contributed by atoms with Gasteiger partial charge in [0.1, 0.15) is 5.75 Å². The molecule has 1 heterocycles. The zero-order valence-electron chi connectivity index (χ0n) is 16.0. The first-order chi connectivity index (χ1) is 13.3. The Morgan fingerprint density at radius 3 is 2.68 bits per heavy atom. The molecule has 0 spiro atoms. The molecule has 0 aromatic heterocycles. The van der Waals surface area contributed by atoms with E-state index < -0.39 is 10.0 Å². The van der Waals surface area contributed by atoms with Crippen molar-refractivity contribution in [2.24, 2.45) is 5.10 Å². The lowest BCUT2D eigenvalue weighted by atomic mass is 9.97. The van der Waals surface area contributed by atoms with Crippen LogP contribution >= 0.6 is 0 Å². The largest absolute Gasteiger partial charge is 0.494 e. The van der Waals surface area contributed by atoms with Gasteiger partial charge in [0.25, 0.3) is 0 Å². The van der Waals surface area contributed by atoms with Gasteiger partial charge >= 0.3 is 0 Å². The van der Waals surface area contributed by atoms with Crippen LogP contribution in [0.4, 0.5) is 5.69 Å². The number of hydrogen-bond donors (Lipinski definition) is 1. The average molecular weight is 401 g/mol. The van der Waals surface area contributed by atoms with Gasteiger partial charge in [0.15, 0.2) is 0 Å². The predicted octanol–water partition coefficient (Wildman–Crippen LogP) is 3.15. The Balaban J connectivity index is 1.97. The summed E-state index contributed by atoms with van der Waals surface area (Å²) in [7, 11) is -3.44. The lowest BCUT2D eigenvalue weighted by Crippen LogP contribution is -2.24. The van der Waals surface area contributed by atoms with Crippen molar-refractivity contribution in [1.29, 1.82) is 0 Å². The van der Waals surface area contributed by atoms with Gasteiger partial charge in [0, 0.05) is 18.9 Å². The lowest BCUT2D eigenvalue weighted by molar-refractivity contribution is -0.130. The van der Waals surface area contributed by atoms with Crippen molar-refractivity contribution in [3.8, 4) is 5.75 Å². The zero-order chi connectivity index (χ0) is 20.3. The van der Waals surface area contributed by atoms with E-state index in [1.54, 1.807) is 18.2 Å². The van der Waals surface area contributed by atoms with Crippen LogP contribution in [0.3, 0.4) is 0 Å². The first-order valence-electron chi connectivity index (χ1n) is 8.95. The summed E-state index contributed by atoms with van der Waals surface area (Å²) in [5.74, 6) is 0.548. The fraction of sp³-hybridized carbons (Fsp3) is 0.300. The van der Waals surface area contributed by atoms with Crippen LogP contribution in [0.15, 0.2) is 53.6 Å². The fourth-order valence-electron chi connectivity index (χ4n) is 3.22. The normalized spacial score (nSPS) is 16.6. The molecule has 2 aromatic rings. The Labute approximate surface area is 165 Å². The molecule has 7 nitrogen and oxygen atoms in total.